The molecule has 0 unspecified atom stereocenters. The Morgan fingerprint density at radius 3 is 2.52 bits per heavy atom. The molecule has 1 aromatic rings. The molecule has 1 fully saturated rings. The summed E-state index contributed by atoms with van der Waals surface area (Å²) < 4.78 is 0. The van der Waals surface area contributed by atoms with Crippen molar-refractivity contribution in [1.29, 1.82) is 0 Å². The Morgan fingerprint density at radius 1 is 1.24 bits per heavy atom. The first-order chi connectivity index (χ1) is 10.2. The number of pyridine rings is 1. The van der Waals surface area contributed by atoms with Gasteiger partial charge in [-0.15, -0.1) is 0 Å². The van der Waals surface area contributed by atoms with E-state index in [4.69, 9.17) is 0 Å². The van der Waals surface area contributed by atoms with E-state index in [0.29, 0.717) is 12.5 Å². The van der Waals surface area contributed by atoms with E-state index in [1.807, 2.05) is 24.5 Å². The first-order valence-electron chi connectivity index (χ1n) is 7.30. The lowest BCUT2D eigenvalue weighted by Crippen LogP contribution is -2.42. The van der Waals surface area contributed by atoms with Gasteiger partial charge in [-0.2, -0.15) is 0 Å². The summed E-state index contributed by atoms with van der Waals surface area (Å²) in [6.07, 6.45) is 5.71. The molecule has 1 aliphatic heterocycles. The number of likely N-dealkylation sites (tertiary alicyclic amines) is 1. The zero-order valence-electron chi connectivity index (χ0n) is 12.3. The maximum Gasteiger partial charge on any atom is 0.309 e. The van der Waals surface area contributed by atoms with Crippen LogP contribution in [-0.4, -0.2) is 48.4 Å². The van der Waals surface area contributed by atoms with Crippen molar-refractivity contribution in [3.8, 4) is 0 Å². The van der Waals surface area contributed by atoms with Crippen molar-refractivity contribution < 1.29 is 9.59 Å². The van der Waals surface area contributed by atoms with Crippen molar-refractivity contribution in [3.05, 3.63) is 30.1 Å². The molecule has 0 spiro atoms. The molecular formula is C15H22N4O2. The van der Waals surface area contributed by atoms with Gasteiger partial charge in [0.05, 0.1) is 0 Å². The Labute approximate surface area is 124 Å². The quantitative estimate of drug-likeness (QED) is 0.775. The molecule has 6 heteroatoms. The Kier molecular flexibility index (Phi) is 5.68. The molecule has 0 aromatic carbocycles. The minimum absolute atomic E-state index is 0.451. The fraction of sp³-hybridized carbons (Fsp3) is 0.533. The summed E-state index contributed by atoms with van der Waals surface area (Å²) in [7, 11) is 1.46. The number of amides is 2. The number of rotatable bonds is 4. The summed E-state index contributed by atoms with van der Waals surface area (Å²) in [5.74, 6) is -0.672. The zero-order chi connectivity index (χ0) is 15.1. The molecule has 6 nitrogen and oxygen atoms in total. The zero-order valence-corrected chi connectivity index (χ0v) is 12.3. The van der Waals surface area contributed by atoms with Crippen LogP contribution >= 0.6 is 0 Å². The Bertz CT molecular complexity index is 470. The monoisotopic (exact) mass is 290 g/mol. The molecule has 114 valence electrons. The molecule has 1 saturated heterocycles. The lowest BCUT2D eigenvalue weighted by atomic mass is 9.96. The highest BCUT2D eigenvalue weighted by Crippen LogP contribution is 2.18. The van der Waals surface area contributed by atoms with Gasteiger partial charge in [-0.05, 0) is 49.5 Å². The van der Waals surface area contributed by atoms with Crippen LogP contribution in [0, 0.1) is 5.92 Å². The number of nitrogens with zero attached hydrogens (tertiary/aromatic N) is 2. The first-order valence-corrected chi connectivity index (χ1v) is 7.30. The van der Waals surface area contributed by atoms with Crippen LogP contribution in [0.3, 0.4) is 0 Å². The third-order valence-electron chi connectivity index (χ3n) is 3.85. The number of piperidine rings is 1. The highest BCUT2D eigenvalue weighted by molar-refractivity contribution is 6.34. The van der Waals surface area contributed by atoms with E-state index in [1.54, 1.807) is 0 Å². The van der Waals surface area contributed by atoms with Crippen molar-refractivity contribution >= 4 is 11.8 Å². The minimum Gasteiger partial charge on any atom is -0.351 e. The standard InChI is InChI=1S/C15H22N4O2/c1-16-14(20)15(21)18-10-12-4-8-19(9-5-12)11-13-2-6-17-7-3-13/h2-3,6-7,12H,4-5,8-11H2,1H3,(H,16,20)(H,18,21). The molecule has 1 aliphatic rings. The number of carbonyl (C=O) groups excluding carboxylic acids is 2. The van der Waals surface area contributed by atoms with Crippen molar-refractivity contribution in [3.63, 3.8) is 0 Å². The van der Waals surface area contributed by atoms with Crippen molar-refractivity contribution in [2.24, 2.45) is 5.92 Å². The van der Waals surface area contributed by atoms with Gasteiger partial charge in [-0.1, -0.05) is 0 Å². The molecule has 2 heterocycles. The number of likely N-dealkylation sites (N-methyl/N-ethyl adjacent to an activating group) is 1. The number of carbonyl (C=O) groups is 2. The number of hydrogen-bond donors (Lipinski definition) is 2. The molecular weight excluding hydrogens is 268 g/mol. The van der Waals surface area contributed by atoms with Crippen molar-refractivity contribution in [1.82, 2.24) is 20.5 Å². The Hall–Kier alpha value is -1.95. The third kappa shape index (κ3) is 4.82. The highest BCUT2D eigenvalue weighted by atomic mass is 16.2. The molecule has 0 saturated carbocycles. The van der Waals surface area contributed by atoms with Crippen molar-refractivity contribution in [2.45, 2.75) is 19.4 Å². The van der Waals surface area contributed by atoms with Gasteiger partial charge in [0.1, 0.15) is 0 Å². The fourth-order valence-corrected chi connectivity index (χ4v) is 2.53. The predicted octanol–water partition coefficient (Wildman–Crippen LogP) is 0.156. The second-order valence-electron chi connectivity index (χ2n) is 5.36. The smallest absolute Gasteiger partial charge is 0.309 e. The average molecular weight is 290 g/mol. The maximum atomic E-state index is 11.4. The molecule has 0 bridgehead atoms. The molecule has 0 radical (unpaired) electrons. The van der Waals surface area contributed by atoms with Gasteiger partial charge in [0.2, 0.25) is 0 Å². The van der Waals surface area contributed by atoms with Gasteiger partial charge in [-0.25, -0.2) is 0 Å². The lowest BCUT2D eigenvalue weighted by molar-refractivity contribution is -0.139. The van der Waals surface area contributed by atoms with E-state index in [2.05, 4.69) is 20.5 Å². The van der Waals surface area contributed by atoms with Crippen LogP contribution in [0.1, 0.15) is 18.4 Å². The van der Waals surface area contributed by atoms with Crippen LogP contribution in [0.5, 0.6) is 0 Å². The summed E-state index contributed by atoms with van der Waals surface area (Å²) in [6.45, 7) is 3.56. The molecule has 0 aliphatic carbocycles. The van der Waals surface area contributed by atoms with E-state index in [1.165, 1.54) is 12.6 Å². The number of hydrogen-bond acceptors (Lipinski definition) is 4. The van der Waals surface area contributed by atoms with Crippen LogP contribution in [0.15, 0.2) is 24.5 Å². The van der Waals surface area contributed by atoms with E-state index in [-0.39, 0.29) is 0 Å². The van der Waals surface area contributed by atoms with Gasteiger partial charge in [0, 0.05) is 32.5 Å². The van der Waals surface area contributed by atoms with Gasteiger partial charge in [-0.3, -0.25) is 19.5 Å². The Balaban J connectivity index is 1.69. The normalized spacial score (nSPS) is 16.4. The van der Waals surface area contributed by atoms with Crippen LogP contribution < -0.4 is 10.6 Å². The molecule has 2 rings (SSSR count). The molecule has 1 aromatic heterocycles. The molecule has 0 atom stereocenters. The maximum absolute atomic E-state index is 11.4. The Morgan fingerprint density at radius 2 is 1.90 bits per heavy atom. The van der Waals surface area contributed by atoms with Crippen LogP contribution in [-0.2, 0) is 16.1 Å². The number of nitrogens with one attached hydrogen (secondary N) is 2. The molecule has 2 N–H and O–H groups in total. The second kappa shape index (κ2) is 7.73. The van der Waals surface area contributed by atoms with Crippen LogP contribution in [0.25, 0.3) is 0 Å². The highest BCUT2D eigenvalue weighted by Gasteiger charge is 2.20. The van der Waals surface area contributed by atoms with Crippen LogP contribution in [0.4, 0.5) is 0 Å². The summed E-state index contributed by atoms with van der Waals surface area (Å²) in [6, 6.07) is 4.07. The van der Waals surface area contributed by atoms with Gasteiger partial charge in [0.15, 0.2) is 0 Å². The largest absolute Gasteiger partial charge is 0.351 e. The topological polar surface area (TPSA) is 74.3 Å². The van der Waals surface area contributed by atoms with Crippen molar-refractivity contribution in [2.75, 3.05) is 26.7 Å². The SMILES string of the molecule is CNC(=O)C(=O)NCC1CCN(Cc2ccncc2)CC1. The summed E-state index contributed by atoms with van der Waals surface area (Å²) >= 11 is 0. The second-order valence-corrected chi connectivity index (χ2v) is 5.36. The summed E-state index contributed by atoms with van der Waals surface area (Å²) in [4.78, 5) is 28.9. The predicted molar refractivity (Wildman–Crippen MR) is 79.3 cm³/mol. The first kappa shape index (κ1) is 15.4. The van der Waals surface area contributed by atoms with Gasteiger partial charge in [0.25, 0.3) is 0 Å². The van der Waals surface area contributed by atoms with E-state index < -0.39 is 11.8 Å². The molecule has 21 heavy (non-hydrogen) atoms. The third-order valence-corrected chi connectivity index (χ3v) is 3.85. The van der Waals surface area contributed by atoms with E-state index in [0.717, 1.165) is 32.5 Å². The fourth-order valence-electron chi connectivity index (χ4n) is 2.53. The molecule has 2 amide bonds. The summed E-state index contributed by atoms with van der Waals surface area (Å²) in [5.41, 5.74) is 1.27. The lowest BCUT2D eigenvalue weighted by Gasteiger charge is -2.31. The minimum atomic E-state index is -0.579. The average Bonchev–Trinajstić information content (AvgIpc) is 2.54. The van der Waals surface area contributed by atoms with Gasteiger partial charge >= 0.3 is 11.8 Å². The van der Waals surface area contributed by atoms with E-state index >= 15 is 0 Å². The van der Waals surface area contributed by atoms with E-state index in [9.17, 15) is 9.59 Å². The number of aromatic nitrogens is 1. The van der Waals surface area contributed by atoms with Crippen LogP contribution in [0.2, 0.25) is 0 Å². The summed E-state index contributed by atoms with van der Waals surface area (Å²) in [5, 5.41) is 5.01. The van der Waals surface area contributed by atoms with Gasteiger partial charge < -0.3 is 10.6 Å².